The maximum absolute atomic E-state index is 5.64. The standard InChI is InChI=1S/C13H23NO3Si/c1-3-15-18(16-4-2)17-12-6-5-7-13-8-10-14-11-9-13/h8-11,18H,3-7,12H2,1-2H3. The number of hydrogen-bond acceptors (Lipinski definition) is 4. The van der Waals surface area contributed by atoms with Crippen molar-refractivity contribution in [3.8, 4) is 0 Å². The molecule has 18 heavy (non-hydrogen) atoms. The van der Waals surface area contributed by atoms with Crippen molar-refractivity contribution in [1.82, 2.24) is 4.98 Å². The number of pyridine rings is 1. The molecule has 0 aliphatic rings. The third kappa shape index (κ3) is 6.86. The zero-order valence-electron chi connectivity index (χ0n) is 11.3. The Hall–Kier alpha value is -0.753. The van der Waals surface area contributed by atoms with Gasteiger partial charge in [-0.25, -0.2) is 0 Å². The molecule has 5 heteroatoms. The van der Waals surface area contributed by atoms with E-state index in [9.17, 15) is 0 Å². The maximum Gasteiger partial charge on any atom is 0.484 e. The molecule has 0 atom stereocenters. The van der Waals surface area contributed by atoms with Crippen LogP contribution in [-0.2, 0) is 19.7 Å². The Bertz CT molecular complexity index is 292. The van der Waals surface area contributed by atoms with Gasteiger partial charge in [-0.05, 0) is 50.8 Å². The monoisotopic (exact) mass is 269 g/mol. The van der Waals surface area contributed by atoms with Crippen LogP contribution in [0.1, 0.15) is 32.3 Å². The molecule has 0 amide bonds. The zero-order valence-corrected chi connectivity index (χ0v) is 12.5. The average molecular weight is 269 g/mol. The fraction of sp³-hybridized carbons (Fsp3) is 0.615. The van der Waals surface area contributed by atoms with Crippen molar-refractivity contribution in [2.45, 2.75) is 33.1 Å². The Balaban J connectivity index is 2.06. The maximum atomic E-state index is 5.64. The molecule has 0 aliphatic heterocycles. The molecule has 1 aromatic rings. The molecular formula is C13H23NO3Si. The van der Waals surface area contributed by atoms with E-state index in [4.69, 9.17) is 13.3 Å². The lowest BCUT2D eigenvalue weighted by molar-refractivity contribution is 0.101. The number of aromatic nitrogens is 1. The van der Waals surface area contributed by atoms with Crippen molar-refractivity contribution in [2.75, 3.05) is 19.8 Å². The van der Waals surface area contributed by atoms with Crippen LogP contribution in [0.15, 0.2) is 24.5 Å². The van der Waals surface area contributed by atoms with Gasteiger partial charge in [0.2, 0.25) is 0 Å². The summed E-state index contributed by atoms with van der Waals surface area (Å²) in [6, 6.07) is 4.11. The summed E-state index contributed by atoms with van der Waals surface area (Å²) >= 11 is 0. The number of unbranched alkanes of at least 4 members (excludes halogenated alkanes) is 1. The van der Waals surface area contributed by atoms with Crippen molar-refractivity contribution in [2.24, 2.45) is 0 Å². The smallest absolute Gasteiger partial charge is 0.376 e. The number of rotatable bonds is 10. The van der Waals surface area contributed by atoms with Crippen LogP contribution in [0.2, 0.25) is 0 Å². The Morgan fingerprint density at radius 3 is 2.28 bits per heavy atom. The zero-order chi connectivity index (χ0) is 13.1. The fourth-order valence-electron chi connectivity index (χ4n) is 1.58. The van der Waals surface area contributed by atoms with Gasteiger partial charge in [-0.15, -0.1) is 0 Å². The Labute approximate surface area is 111 Å². The molecule has 0 aromatic carbocycles. The summed E-state index contributed by atoms with van der Waals surface area (Å²) < 4.78 is 16.5. The lowest BCUT2D eigenvalue weighted by Gasteiger charge is -2.14. The van der Waals surface area contributed by atoms with Crippen molar-refractivity contribution < 1.29 is 13.3 Å². The first-order valence-electron chi connectivity index (χ1n) is 6.60. The molecule has 1 heterocycles. The van der Waals surface area contributed by atoms with Crippen molar-refractivity contribution >= 4 is 9.53 Å². The Kier molecular flexibility index (Phi) is 8.67. The molecule has 0 bridgehead atoms. The second-order valence-electron chi connectivity index (χ2n) is 3.88. The van der Waals surface area contributed by atoms with E-state index in [1.807, 2.05) is 26.2 Å². The molecule has 102 valence electrons. The van der Waals surface area contributed by atoms with Gasteiger partial charge in [0.1, 0.15) is 0 Å². The second kappa shape index (κ2) is 10.2. The predicted molar refractivity (Wildman–Crippen MR) is 73.5 cm³/mol. The number of nitrogens with zero attached hydrogens (tertiary/aromatic N) is 1. The van der Waals surface area contributed by atoms with E-state index in [2.05, 4.69) is 17.1 Å². The molecule has 0 fully saturated rings. The van der Waals surface area contributed by atoms with Gasteiger partial charge in [0.25, 0.3) is 0 Å². The lowest BCUT2D eigenvalue weighted by Crippen LogP contribution is -2.27. The summed E-state index contributed by atoms with van der Waals surface area (Å²) in [6.45, 7) is 5.97. The molecule has 0 aliphatic carbocycles. The average Bonchev–Trinajstić information content (AvgIpc) is 2.40. The van der Waals surface area contributed by atoms with Crippen LogP contribution in [0, 0.1) is 0 Å². The van der Waals surface area contributed by atoms with Gasteiger partial charge >= 0.3 is 9.53 Å². The van der Waals surface area contributed by atoms with Gasteiger partial charge in [-0.1, -0.05) is 0 Å². The van der Waals surface area contributed by atoms with Crippen LogP contribution >= 0.6 is 0 Å². The highest BCUT2D eigenvalue weighted by Gasteiger charge is 2.12. The van der Waals surface area contributed by atoms with Crippen LogP contribution in [0.3, 0.4) is 0 Å². The first kappa shape index (κ1) is 15.3. The minimum Gasteiger partial charge on any atom is -0.376 e. The fourth-order valence-corrected chi connectivity index (χ4v) is 2.77. The summed E-state index contributed by atoms with van der Waals surface area (Å²) in [5.74, 6) is 0. The summed E-state index contributed by atoms with van der Waals surface area (Å²) in [7, 11) is -1.86. The van der Waals surface area contributed by atoms with E-state index in [1.165, 1.54) is 5.56 Å². The first-order chi connectivity index (χ1) is 8.86. The molecule has 1 aromatic heterocycles. The predicted octanol–water partition coefficient (Wildman–Crippen LogP) is 2.21. The Morgan fingerprint density at radius 1 is 1.00 bits per heavy atom. The summed E-state index contributed by atoms with van der Waals surface area (Å²) in [5, 5.41) is 0. The van der Waals surface area contributed by atoms with E-state index in [0.29, 0.717) is 13.2 Å². The minimum atomic E-state index is -1.86. The van der Waals surface area contributed by atoms with Crippen LogP contribution in [0.25, 0.3) is 0 Å². The van der Waals surface area contributed by atoms with Gasteiger partial charge < -0.3 is 13.3 Å². The van der Waals surface area contributed by atoms with Gasteiger partial charge in [0, 0.05) is 32.2 Å². The molecular weight excluding hydrogens is 246 g/mol. The molecule has 0 N–H and O–H groups in total. The lowest BCUT2D eigenvalue weighted by atomic mass is 10.1. The molecule has 0 saturated heterocycles. The SMILES string of the molecule is CCO[SiH](OCC)OCCCCc1ccncc1. The van der Waals surface area contributed by atoms with Crippen LogP contribution in [0.5, 0.6) is 0 Å². The molecule has 0 unspecified atom stereocenters. The molecule has 4 nitrogen and oxygen atoms in total. The highest BCUT2D eigenvalue weighted by molar-refractivity contribution is 6.36. The first-order valence-corrected chi connectivity index (χ1v) is 8.02. The number of aryl methyl sites for hydroxylation is 1. The minimum absolute atomic E-state index is 0.661. The quantitative estimate of drug-likeness (QED) is 0.482. The van der Waals surface area contributed by atoms with Gasteiger partial charge in [-0.3, -0.25) is 4.98 Å². The van der Waals surface area contributed by atoms with Crippen LogP contribution in [-0.4, -0.2) is 34.3 Å². The second-order valence-corrected chi connectivity index (χ2v) is 5.46. The third-order valence-corrected chi connectivity index (χ3v) is 4.19. The van der Waals surface area contributed by atoms with Crippen LogP contribution < -0.4 is 0 Å². The summed E-state index contributed by atoms with van der Waals surface area (Å²) in [6.07, 6.45) is 6.88. The molecule has 0 spiro atoms. The van der Waals surface area contributed by atoms with E-state index in [-0.39, 0.29) is 0 Å². The highest BCUT2D eigenvalue weighted by Crippen LogP contribution is 2.04. The third-order valence-electron chi connectivity index (χ3n) is 2.47. The normalized spacial score (nSPS) is 11.1. The highest BCUT2D eigenvalue weighted by atomic mass is 28.3. The largest absolute Gasteiger partial charge is 0.484 e. The topological polar surface area (TPSA) is 40.6 Å². The van der Waals surface area contributed by atoms with Crippen molar-refractivity contribution in [3.63, 3.8) is 0 Å². The van der Waals surface area contributed by atoms with E-state index < -0.39 is 9.53 Å². The van der Waals surface area contributed by atoms with E-state index in [1.54, 1.807) is 0 Å². The Morgan fingerprint density at radius 2 is 1.67 bits per heavy atom. The summed E-state index contributed by atoms with van der Waals surface area (Å²) in [4.78, 5) is 4.00. The van der Waals surface area contributed by atoms with Gasteiger partial charge in [-0.2, -0.15) is 0 Å². The van der Waals surface area contributed by atoms with Gasteiger partial charge in [0.15, 0.2) is 0 Å². The van der Waals surface area contributed by atoms with Crippen molar-refractivity contribution in [1.29, 1.82) is 0 Å². The number of hydrogen-bond donors (Lipinski definition) is 0. The molecule has 0 radical (unpaired) electrons. The summed E-state index contributed by atoms with van der Waals surface area (Å²) in [5.41, 5.74) is 1.33. The van der Waals surface area contributed by atoms with Crippen molar-refractivity contribution in [3.05, 3.63) is 30.1 Å². The van der Waals surface area contributed by atoms with E-state index in [0.717, 1.165) is 25.9 Å². The molecule has 0 saturated carbocycles. The molecule has 1 rings (SSSR count). The van der Waals surface area contributed by atoms with E-state index >= 15 is 0 Å². The van der Waals surface area contributed by atoms with Crippen LogP contribution in [0.4, 0.5) is 0 Å². The van der Waals surface area contributed by atoms with Gasteiger partial charge in [0.05, 0.1) is 0 Å².